The van der Waals surface area contributed by atoms with Gasteiger partial charge in [0.05, 0.1) is 13.2 Å². The average Bonchev–Trinajstić information content (AvgIpc) is 2.11. The van der Waals surface area contributed by atoms with Gasteiger partial charge in [0.15, 0.2) is 0 Å². The summed E-state index contributed by atoms with van der Waals surface area (Å²) in [5.74, 6) is 0. The van der Waals surface area contributed by atoms with Gasteiger partial charge in [-0.1, -0.05) is 13.3 Å². The van der Waals surface area contributed by atoms with Crippen LogP contribution < -0.4 is 5.32 Å². The minimum absolute atomic E-state index is 0.448. The van der Waals surface area contributed by atoms with Crippen molar-refractivity contribution in [2.75, 3.05) is 39.9 Å². The topological polar surface area (TPSA) is 24.5 Å². The second kappa shape index (κ2) is 4.17. The predicted molar refractivity (Wildman–Crippen MR) is 57.4 cm³/mol. The van der Waals surface area contributed by atoms with Crippen molar-refractivity contribution in [1.82, 2.24) is 10.2 Å². The Labute approximate surface area is 86.8 Å². The molecule has 2 aliphatic rings. The van der Waals surface area contributed by atoms with Crippen molar-refractivity contribution in [3.8, 4) is 0 Å². The van der Waals surface area contributed by atoms with E-state index < -0.39 is 0 Å². The molecule has 2 saturated heterocycles. The minimum atomic E-state index is 0.448. The third-order valence-corrected chi connectivity index (χ3v) is 3.64. The van der Waals surface area contributed by atoms with Crippen LogP contribution >= 0.6 is 0 Å². The van der Waals surface area contributed by atoms with Gasteiger partial charge in [-0.15, -0.1) is 0 Å². The Balaban J connectivity index is 1.96. The van der Waals surface area contributed by atoms with Gasteiger partial charge < -0.3 is 15.0 Å². The van der Waals surface area contributed by atoms with Crippen LogP contribution in [0, 0.1) is 5.41 Å². The number of nitrogens with zero attached hydrogens (tertiary/aromatic N) is 1. The van der Waals surface area contributed by atoms with Crippen LogP contribution in [0.2, 0.25) is 0 Å². The molecule has 0 saturated carbocycles. The molecule has 0 amide bonds. The molecule has 3 heteroatoms. The molecule has 1 unspecified atom stereocenters. The van der Waals surface area contributed by atoms with Gasteiger partial charge in [-0.25, -0.2) is 0 Å². The highest BCUT2D eigenvalue weighted by atomic mass is 16.5. The van der Waals surface area contributed by atoms with Gasteiger partial charge in [0.25, 0.3) is 0 Å². The Morgan fingerprint density at radius 2 is 2.29 bits per heavy atom. The van der Waals surface area contributed by atoms with Crippen molar-refractivity contribution in [3.05, 3.63) is 0 Å². The van der Waals surface area contributed by atoms with Crippen LogP contribution in [0.3, 0.4) is 0 Å². The quantitative estimate of drug-likeness (QED) is 0.723. The summed E-state index contributed by atoms with van der Waals surface area (Å²) < 4.78 is 5.42. The van der Waals surface area contributed by atoms with Crippen LogP contribution in [0.15, 0.2) is 0 Å². The molecule has 82 valence electrons. The lowest BCUT2D eigenvalue weighted by Crippen LogP contribution is -2.63. The number of likely N-dealkylation sites (N-methyl/N-ethyl adjacent to an activating group) is 1. The van der Waals surface area contributed by atoms with Crippen molar-refractivity contribution >= 4 is 0 Å². The number of hydrogen-bond acceptors (Lipinski definition) is 3. The molecule has 14 heavy (non-hydrogen) atoms. The molecule has 2 fully saturated rings. The van der Waals surface area contributed by atoms with Crippen LogP contribution in [-0.2, 0) is 4.74 Å². The minimum Gasteiger partial charge on any atom is -0.380 e. The van der Waals surface area contributed by atoms with Crippen molar-refractivity contribution < 1.29 is 4.74 Å². The Kier molecular flexibility index (Phi) is 3.10. The summed E-state index contributed by atoms with van der Waals surface area (Å²) >= 11 is 0. The van der Waals surface area contributed by atoms with Gasteiger partial charge in [0, 0.05) is 31.1 Å². The average molecular weight is 198 g/mol. The van der Waals surface area contributed by atoms with Gasteiger partial charge in [-0.05, 0) is 13.5 Å². The zero-order valence-corrected chi connectivity index (χ0v) is 9.38. The number of rotatable bonds is 3. The van der Waals surface area contributed by atoms with Crippen molar-refractivity contribution in [2.24, 2.45) is 5.41 Å². The Morgan fingerprint density at radius 3 is 2.79 bits per heavy atom. The molecule has 2 aliphatic heterocycles. The maximum Gasteiger partial charge on any atom is 0.0560 e. The zero-order valence-electron chi connectivity index (χ0n) is 9.38. The summed E-state index contributed by atoms with van der Waals surface area (Å²) in [6, 6.07) is 0.648. The van der Waals surface area contributed by atoms with Gasteiger partial charge in [0.1, 0.15) is 0 Å². The first-order valence-corrected chi connectivity index (χ1v) is 5.76. The summed E-state index contributed by atoms with van der Waals surface area (Å²) in [5.41, 5.74) is 0.448. The smallest absolute Gasteiger partial charge is 0.0560 e. The molecule has 1 atom stereocenters. The van der Waals surface area contributed by atoms with Gasteiger partial charge in [-0.3, -0.25) is 0 Å². The zero-order chi connectivity index (χ0) is 10.0. The Bertz CT molecular complexity index is 192. The number of ether oxygens (including phenoxy) is 1. The van der Waals surface area contributed by atoms with Gasteiger partial charge in [-0.2, -0.15) is 0 Å². The SMILES string of the molecule is CCCC1(C2CN(C)CCN2)COC1. The lowest BCUT2D eigenvalue weighted by molar-refractivity contribution is -0.143. The van der Waals surface area contributed by atoms with Crippen molar-refractivity contribution in [3.63, 3.8) is 0 Å². The summed E-state index contributed by atoms with van der Waals surface area (Å²) in [7, 11) is 2.22. The van der Waals surface area contributed by atoms with E-state index in [0.717, 1.165) is 19.8 Å². The molecule has 2 rings (SSSR count). The largest absolute Gasteiger partial charge is 0.380 e. The fourth-order valence-corrected chi connectivity index (χ4v) is 2.69. The third kappa shape index (κ3) is 1.81. The summed E-state index contributed by atoms with van der Waals surface area (Å²) in [6.07, 6.45) is 2.57. The molecule has 0 aromatic carbocycles. The second-order valence-corrected chi connectivity index (χ2v) is 4.87. The molecule has 1 N–H and O–H groups in total. The number of hydrogen-bond donors (Lipinski definition) is 1. The fourth-order valence-electron chi connectivity index (χ4n) is 2.69. The van der Waals surface area contributed by atoms with E-state index in [2.05, 4.69) is 24.2 Å². The molecule has 2 heterocycles. The molecule has 0 spiro atoms. The van der Waals surface area contributed by atoms with E-state index in [4.69, 9.17) is 4.74 Å². The first-order valence-electron chi connectivity index (χ1n) is 5.76. The van der Waals surface area contributed by atoms with Gasteiger partial charge >= 0.3 is 0 Å². The summed E-state index contributed by atoms with van der Waals surface area (Å²) in [4.78, 5) is 2.43. The van der Waals surface area contributed by atoms with E-state index in [1.165, 1.54) is 25.9 Å². The standard InChI is InChI=1S/C11H22N2O/c1-3-4-11(8-14-9-11)10-7-13(2)6-5-12-10/h10,12H,3-9H2,1-2H3. The highest BCUT2D eigenvalue weighted by molar-refractivity contribution is 4.98. The fraction of sp³-hybridized carbons (Fsp3) is 1.00. The molecule has 0 aromatic rings. The molecule has 3 nitrogen and oxygen atoms in total. The van der Waals surface area contributed by atoms with E-state index in [-0.39, 0.29) is 0 Å². The Morgan fingerprint density at radius 1 is 1.50 bits per heavy atom. The molecule has 0 aromatic heterocycles. The first kappa shape index (κ1) is 10.4. The van der Waals surface area contributed by atoms with Crippen molar-refractivity contribution in [2.45, 2.75) is 25.8 Å². The lowest BCUT2D eigenvalue weighted by atomic mass is 9.74. The van der Waals surface area contributed by atoms with E-state index in [9.17, 15) is 0 Å². The van der Waals surface area contributed by atoms with E-state index >= 15 is 0 Å². The van der Waals surface area contributed by atoms with Crippen LogP contribution in [0.1, 0.15) is 19.8 Å². The number of piperazine rings is 1. The maximum absolute atomic E-state index is 5.42. The molecule has 0 aliphatic carbocycles. The van der Waals surface area contributed by atoms with Crippen LogP contribution in [0.4, 0.5) is 0 Å². The lowest BCUT2D eigenvalue weighted by Gasteiger charge is -2.50. The van der Waals surface area contributed by atoms with Crippen LogP contribution in [0.25, 0.3) is 0 Å². The van der Waals surface area contributed by atoms with E-state index in [0.29, 0.717) is 11.5 Å². The van der Waals surface area contributed by atoms with E-state index in [1.807, 2.05) is 0 Å². The second-order valence-electron chi connectivity index (χ2n) is 4.87. The molecular formula is C11H22N2O. The Hall–Kier alpha value is -0.120. The first-order chi connectivity index (χ1) is 6.77. The van der Waals surface area contributed by atoms with Crippen LogP contribution in [0.5, 0.6) is 0 Å². The monoisotopic (exact) mass is 198 g/mol. The number of nitrogens with one attached hydrogen (secondary N) is 1. The molecular weight excluding hydrogens is 176 g/mol. The predicted octanol–water partition coefficient (Wildman–Crippen LogP) is 0.707. The van der Waals surface area contributed by atoms with Crippen molar-refractivity contribution in [1.29, 1.82) is 0 Å². The normalized spacial score (nSPS) is 32.6. The summed E-state index contributed by atoms with van der Waals surface area (Å²) in [5, 5.41) is 3.66. The highest BCUT2D eigenvalue weighted by Gasteiger charge is 2.45. The highest BCUT2D eigenvalue weighted by Crippen LogP contribution is 2.37. The third-order valence-electron chi connectivity index (χ3n) is 3.64. The summed E-state index contributed by atoms with van der Waals surface area (Å²) in [6.45, 7) is 7.70. The maximum atomic E-state index is 5.42. The molecule has 0 radical (unpaired) electrons. The van der Waals surface area contributed by atoms with E-state index in [1.54, 1.807) is 0 Å². The van der Waals surface area contributed by atoms with Crippen LogP contribution in [-0.4, -0.2) is 50.8 Å². The molecule has 0 bridgehead atoms. The van der Waals surface area contributed by atoms with Gasteiger partial charge in [0.2, 0.25) is 0 Å².